The average molecular weight is 514 g/mol. The highest BCUT2D eigenvalue weighted by molar-refractivity contribution is 5.83. The molecule has 0 radical (unpaired) electrons. The Morgan fingerprint density at radius 1 is 1.17 bits per heavy atom. The lowest BCUT2D eigenvalue weighted by Gasteiger charge is -2.53. The van der Waals surface area contributed by atoms with Crippen molar-refractivity contribution >= 4 is 18.9 Å². The number of ether oxygens (including phenoxy) is 1. The Hall–Kier alpha value is -2.63. The van der Waals surface area contributed by atoms with Crippen LogP contribution in [-0.4, -0.2) is 90.8 Å². The Morgan fingerprint density at radius 2 is 1.83 bits per heavy atom. The minimum absolute atomic E-state index is 0.0230. The van der Waals surface area contributed by atoms with E-state index in [2.05, 4.69) is 22.0 Å². The number of nitrogens with one attached hydrogen (secondary N) is 1. The third kappa shape index (κ3) is 7.68. The Balaban J connectivity index is 0.000000693. The third-order valence-electron chi connectivity index (χ3n) is 7.48. The summed E-state index contributed by atoms with van der Waals surface area (Å²) in [4.78, 5) is 35.1. The molecule has 2 heterocycles. The van der Waals surface area contributed by atoms with Gasteiger partial charge in [0.1, 0.15) is 11.6 Å². The molecule has 3 N–H and O–H groups in total. The van der Waals surface area contributed by atoms with E-state index in [1.54, 1.807) is 0 Å². The maximum atomic E-state index is 14.0. The molecule has 3 atom stereocenters. The van der Waals surface area contributed by atoms with Gasteiger partial charge in [-0.2, -0.15) is 0 Å². The highest BCUT2D eigenvalue weighted by Crippen LogP contribution is 2.48. The van der Waals surface area contributed by atoms with Gasteiger partial charge in [0.25, 0.3) is 12.9 Å². The first-order valence-electron chi connectivity index (χ1n) is 12.3. The largest absolute Gasteiger partial charge is 0.483 e. The first-order chi connectivity index (χ1) is 17.3. The molecule has 202 valence electrons. The molecule has 1 amide bonds. The van der Waals surface area contributed by atoms with Crippen LogP contribution in [0.2, 0.25) is 0 Å². The fourth-order valence-electron chi connectivity index (χ4n) is 5.65. The molecule has 4 rings (SSSR count). The van der Waals surface area contributed by atoms with Crippen LogP contribution in [0.4, 0.5) is 8.78 Å². The van der Waals surface area contributed by atoms with Gasteiger partial charge in [0.2, 0.25) is 5.91 Å². The van der Waals surface area contributed by atoms with E-state index in [0.29, 0.717) is 17.5 Å². The predicted octanol–water partition coefficient (Wildman–Crippen LogP) is 2.20. The molecule has 3 fully saturated rings. The van der Waals surface area contributed by atoms with Crippen molar-refractivity contribution in [3.63, 3.8) is 0 Å². The summed E-state index contributed by atoms with van der Waals surface area (Å²) in [7, 11) is 0. The zero-order valence-corrected chi connectivity index (χ0v) is 20.7. The first-order valence-corrected chi connectivity index (χ1v) is 12.3. The zero-order valence-electron chi connectivity index (χ0n) is 20.7. The lowest BCUT2D eigenvalue weighted by molar-refractivity contribution is -0.145. The predicted molar refractivity (Wildman–Crippen MR) is 128 cm³/mol. The second-order valence-electron chi connectivity index (χ2n) is 9.22. The van der Waals surface area contributed by atoms with E-state index in [4.69, 9.17) is 24.5 Å². The van der Waals surface area contributed by atoms with Crippen LogP contribution >= 0.6 is 0 Å². The Morgan fingerprint density at radius 3 is 2.44 bits per heavy atom. The number of likely N-dealkylation sites (tertiary alicyclic amines) is 1. The molecule has 0 unspecified atom stereocenters. The molecule has 1 saturated carbocycles. The number of carbonyl (C=O) groups excluding carboxylic acids is 1. The monoisotopic (exact) mass is 513 g/mol. The molecule has 9 nitrogen and oxygen atoms in total. The molecule has 0 aromatic heterocycles. The third-order valence-corrected chi connectivity index (χ3v) is 7.48. The summed E-state index contributed by atoms with van der Waals surface area (Å²) in [5.74, 6) is -0.859. The molecule has 1 aliphatic carbocycles. The van der Waals surface area contributed by atoms with Gasteiger partial charge in [-0.25, -0.2) is 8.78 Å². The number of piperidine rings is 1. The molecule has 2 aliphatic heterocycles. The Bertz CT molecular complexity index is 849. The van der Waals surface area contributed by atoms with Gasteiger partial charge in [-0.1, -0.05) is 13.0 Å². The quantitative estimate of drug-likeness (QED) is 0.513. The molecular formula is C25H37F2N3O6. The summed E-state index contributed by atoms with van der Waals surface area (Å²) in [5, 5.41) is 16.8. The van der Waals surface area contributed by atoms with Gasteiger partial charge in [0, 0.05) is 43.9 Å². The Labute approximate surface area is 210 Å². The molecule has 1 aromatic rings. The van der Waals surface area contributed by atoms with Gasteiger partial charge in [-0.15, -0.1) is 0 Å². The summed E-state index contributed by atoms with van der Waals surface area (Å²) in [6, 6.07) is 4.03. The van der Waals surface area contributed by atoms with Gasteiger partial charge < -0.3 is 25.2 Å². The van der Waals surface area contributed by atoms with Gasteiger partial charge in [-0.05, 0) is 50.8 Å². The smallest absolute Gasteiger partial charge is 0.290 e. The van der Waals surface area contributed by atoms with Gasteiger partial charge >= 0.3 is 0 Å². The van der Waals surface area contributed by atoms with E-state index >= 15 is 0 Å². The number of carbonyl (C=O) groups is 3. The number of amides is 1. The number of hydrogen-bond acceptors (Lipinski definition) is 6. The van der Waals surface area contributed by atoms with Crippen molar-refractivity contribution in [2.24, 2.45) is 11.3 Å². The minimum atomic E-state index is -0.612. The minimum Gasteiger partial charge on any atom is -0.483 e. The van der Waals surface area contributed by atoms with Gasteiger partial charge in [0.05, 0.1) is 18.6 Å². The summed E-state index contributed by atoms with van der Waals surface area (Å²) < 4.78 is 32.7. The fourth-order valence-corrected chi connectivity index (χ4v) is 5.65. The number of halogens is 2. The van der Waals surface area contributed by atoms with Crippen molar-refractivity contribution < 1.29 is 38.1 Å². The molecule has 1 aromatic carbocycles. The summed E-state index contributed by atoms with van der Waals surface area (Å²) in [6.07, 6.45) is 3.92. The number of nitrogens with zero attached hydrogens (tertiary/aromatic N) is 2. The van der Waals surface area contributed by atoms with Crippen LogP contribution in [0.3, 0.4) is 0 Å². The molecular weight excluding hydrogens is 476 g/mol. The van der Waals surface area contributed by atoms with Gasteiger partial charge in [-0.3, -0.25) is 19.3 Å². The van der Waals surface area contributed by atoms with Crippen LogP contribution in [0, 0.1) is 23.0 Å². The maximum Gasteiger partial charge on any atom is 0.290 e. The highest BCUT2D eigenvalue weighted by Gasteiger charge is 2.52. The van der Waals surface area contributed by atoms with E-state index in [1.165, 1.54) is 12.1 Å². The van der Waals surface area contributed by atoms with Crippen LogP contribution in [0.15, 0.2) is 18.2 Å². The van der Waals surface area contributed by atoms with Crippen LogP contribution in [0.25, 0.3) is 0 Å². The number of morpholine rings is 1. The van der Waals surface area contributed by atoms with Crippen molar-refractivity contribution in [3.8, 4) is 0 Å². The number of benzene rings is 1. The summed E-state index contributed by atoms with van der Waals surface area (Å²) in [5.41, 5.74) is -0.101. The van der Waals surface area contributed by atoms with Crippen molar-refractivity contribution in [1.29, 1.82) is 0 Å². The second kappa shape index (κ2) is 14.8. The maximum absolute atomic E-state index is 14.0. The van der Waals surface area contributed by atoms with Crippen LogP contribution in [-0.2, 0) is 25.7 Å². The molecule has 0 bridgehead atoms. The number of hydrogen-bond donors (Lipinski definition) is 3. The van der Waals surface area contributed by atoms with Gasteiger partial charge in [0.15, 0.2) is 0 Å². The topological polar surface area (TPSA) is 119 Å². The van der Waals surface area contributed by atoms with Crippen molar-refractivity contribution in [2.45, 2.75) is 45.2 Å². The SMILES string of the molecule is CCN1CC[C@@H]2C[C@@H](N3CCOCC3)CC[C@@]2(C(=O)NCc2ccc(F)cc2F)C1.O=CO.O=CO. The van der Waals surface area contributed by atoms with E-state index in [-0.39, 0.29) is 25.4 Å². The standard InChI is InChI=1S/C23H33F2N3O2.2CH2O2/c1-2-27-8-6-18-13-20(28-9-11-30-12-10-28)5-7-23(18,16-27)22(29)26-15-17-3-4-19(24)14-21(17)25;2*2-1-3/h3-4,14,18,20H,2,5-13,15-16H2,1H3,(H,26,29);2*1H,(H,2,3)/t18-,20+,23-;;/m1../s1. The summed E-state index contributed by atoms with van der Waals surface area (Å²) in [6.45, 7) is 7.99. The van der Waals surface area contributed by atoms with E-state index in [9.17, 15) is 13.6 Å². The lowest BCUT2D eigenvalue weighted by atomic mass is 9.61. The lowest BCUT2D eigenvalue weighted by Crippen LogP contribution is -2.60. The average Bonchev–Trinajstić information content (AvgIpc) is 2.88. The van der Waals surface area contributed by atoms with Crippen molar-refractivity contribution in [3.05, 3.63) is 35.4 Å². The van der Waals surface area contributed by atoms with E-state index in [1.807, 2.05) is 0 Å². The summed E-state index contributed by atoms with van der Waals surface area (Å²) >= 11 is 0. The first kappa shape index (κ1) is 29.6. The molecule has 0 spiro atoms. The number of rotatable bonds is 5. The van der Waals surface area contributed by atoms with Crippen LogP contribution in [0.1, 0.15) is 38.2 Å². The molecule has 3 aliphatic rings. The van der Waals surface area contributed by atoms with E-state index in [0.717, 1.165) is 77.7 Å². The molecule has 11 heteroatoms. The second-order valence-corrected chi connectivity index (χ2v) is 9.22. The fraction of sp³-hybridized carbons (Fsp3) is 0.640. The number of carboxylic acid groups (broad SMARTS) is 2. The van der Waals surface area contributed by atoms with Crippen LogP contribution in [0.5, 0.6) is 0 Å². The van der Waals surface area contributed by atoms with E-state index < -0.39 is 17.0 Å². The number of fused-ring (bicyclic) bond motifs is 1. The van der Waals surface area contributed by atoms with Crippen LogP contribution < -0.4 is 5.32 Å². The normalized spacial score (nSPS) is 26.2. The van der Waals surface area contributed by atoms with Crippen molar-refractivity contribution in [1.82, 2.24) is 15.1 Å². The highest BCUT2D eigenvalue weighted by atomic mass is 19.1. The molecule has 2 saturated heterocycles. The Kier molecular flexibility index (Phi) is 12.2. The van der Waals surface area contributed by atoms with Crippen molar-refractivity contribution in [2.75, 3.05) is 45.9 Å². The zero-order chi connectivity index (χ0) is 26.6. The molecule has 36 heavy (non-hydrogen) atoms.